The number of sulfonamides is 1. The molecular formula is C11H10N4O4S. The van der Waals surface area contributed by atoms with Crippen LogP contribution in [-0.4, -0.2) is 37.6 Å². The standard InChI is InChI=1S/C11H10N4O4S/c12-3-4-14-10(16)6-15-11(17)8-5-7(13)1-2-9(8)20(15,18)19/h1-2,5H,4,6,13H2,(H,14,16). The molecule has 1 aromatic carbocycles. The third-order valence-electron chi connectivity index (χ3n) is 2.68. The van der Waals surface area contributed by atoms with Gasteiger partial charge in [0.05, 0.1) is 11.6 Å². The van der Waals surface area contributed by atoms with E-state index in [0.29, 0.717) is 4.31 Å². The summed E-state index contributed by atoms with van der Waals surface area (Å²) in [5.74, 6) is -1.54. The van der Waals surface area contributed by atoms with Crippen molar-refractivity contribution in [3.05, 3.63) is 23.8 Å². The summed E-state index contributed by atoms with van der Waals surface area (Å²) in [7, 11) is -4.05. The summed E-state index contributed by atoms with van der Waals surface area (Å²) in [6.07, 6.45) is 0. The molecule has 0 radical (unpaired) electrons. The van der Waals surface area contributed by atoms with Crippen molar-refractivity contribution in [2.45, 2.75) is 4.90 Å². The molecule has 1 aromatic rings. The number of benzene rings is 1. The second-order valence-corrected chi connectivity index (χ2v) is 5.84. The lowest BCUT2D eigenvalue weighted by Crippen LogP contribution is -2.40. The molecule has 1 heterocycles. The van der Waals surface area contributed by atoms with Gasteiger partial charge < -0.3 is 11.1 Å². The smallest absolute Gasteiger partial charge is 0.269 e. The summed E-state index contributed by atoms with van der Waals surface area (Å²) in [5, 5.41) is 10.5. The van der Waals surface area contributed by atoms with Crippen molar-refractivity contribution in [3.8, 4) is 6.07 Å². The molecule has 0 bridgehead atoms. The fraction of sp³-hybridized carbons (Fsp3) is 0.182. The zero-order chi connectivity index (χ0) is 14.9. The lowest BCUT2D eigenvalue weighted by atomic mass is 10.2. The van der Waals surface area contributed by atoms with Gasteiger partial charge in [-0.3, -0.25) is 9.59 Å². The van der Waals surface area contributed by atoms with E-state index in [1.54, 1.807) is 6.07 Å². The molecule has 0 atom stereocenters. The van der Waals surface area contributed by atoms with E-state index in [0.717, 1.165) is 0 Å². The summed E-state index contributed by atoms with van der Waals surface area (Å²) >= 11 is 0. The number of nitrogens with zero attached hydrogens (tertiary/aromatic N) is 2. The van der Waals surface area contributed by atoms with Crippen molar-refractivity contribution in [3.63, 3.8) is 0 Å². The van der Waals surface area contributed by atoms with Gasteiger partial charge in [0.1, 0.15) is 18.0 Å². The lowest BCUT2D eigenvalue weighted by Gasteiger charge is -2.13. The minimum atomic E-state index is -4.05. The first-order chi connectivity index (χ1) is 9.37. The van der Waals surface area contributed by atoms with Crippen molar-refractivity contribution in [2.24, 2.45) is 0 Å². The van der Waals surface area contributed by atoms with Crippen LogP contribution in [-0.2, 0) is 14.8 Å². The number of hydrogen-bond donors (Lipinski definition) is 2. The number of nitrogens with one attached hydrogen (secondary N) is 1. The highest BCUT2D eigenvalue weighted by Crippen LogP contribution is 2.31. The Labute approximate surface area is 114 Å². The van der Waals surface area contributed by atoms with Crippen LogP contribution in [0.5, 0.6) is 0 Å². The van der Waals surface area contributed by atoms with Crippen LogP contribution in [0, 0.1) is 11.3 Å². The number of carbonyl (C=O) groups is 2. The van der Waals surface area contributed by atoms with E-state index in [-0.39, 0.29) is 22.7 Å². The predicted molar refractivity (Wildman–Crippen MR) is 67.7 cm³/mol. The van der Waals surface area contributed by atoms with Gasteiger partial charge in [-0.15, -0.1) is 0 Å². The molecule has 9 heteroatoms. The number of anilines is 1. The fourth-order valence-electron chi connectivity index (χ4n) is 1.78. The van der Waals surface area contributed by atoms with Gasteiger partial charge in [-0.1, -0.05) is 0 Å². The van der Waals surface area contributed by atoms with Gasteiger partial charge in [0.25, 0.3) is 15.9 Å². The number of fused-ring (bicyclic) bond motifs is 1. The second-order valence-electron chi connectivity index (χ2n) is 4.01. The molecule has 104 valence electrons. The maximum Gasteiger partial charge on any atom is 0.269 e. The van der Waals surface area contributed by atoms with Gasteiger partial charge in [0, 0.05) is 5.69 Å². The Morgan fingerprint density at radius 3 is 2.80 bits per heavy atom. The van der Waals surface area contributed by atoms with E-state index in [2.05, 4.69) is 5.32 Å². The Kier molecular flexibility index (Phi) is 3.33. The first-order valence-corrected chi connectivity index (χ1v) is 6.92. The van der Waals surface area contributed by atoms with Crippen molar-refractivity contribution < 1.29 is 18.0 Å². The van der Waals surface area contributed by atoms with Gasteiger partial charge in [-0.25, -0.2) is 12.7 Å². The van der Waals surface area contributed by atoms with Crippen molar-refractivity contribution in [1.29, 1.82) is 5.26 Å². The number of amides is 2. The maximum atomic E-state index is 12.1. The lowest BCUT2D eigenvalue weighted by molar-refractivity contribution is -0.120. The summed E-state index contributed by atoms with van der Waals surface area (Å²) in [6.45, 7) is -0.932. The van der Waals surface area contributed by atoms with Crippen molar-refractivity contribution in [2.75, 3.05) is 18.8 Å². The molecule has 1 aliphatic heterocycles. The third kappa shape index (κ3) is 2.17. The number of hydrogen-bond acceptors (Lipinski definition) is 6. The van der Waals surface area contributed by atoms with E-state index < -0.39 is 28.4 Å². The first-order valence-electron chi connectivity index (χ1n) is 5.48. The fourth-order valence-corrected chi connectivity index (χ4v) is 3.29. The van der Waals surface area contributed by atoms with Gasteiger partial charge in [0.15, 0.2) is 0 Å². The van der Waals surface area contributed by atoms with E-state index in [1.165, 1.54) is 18.2 Å². The Hall–Kier alpha value is -2.60. The summed E-state index contributed by atoms with van der Waals surface area (Å²) in [4.78, 5) is 23.3. The van der Waals surface area contributed by atoms with Gasteiger partial charge in [0.2, 0.25) is 5.91 Å². The molecule has 0 fully saturated rings. The summed E-state index contributed by atoms with van der Waals surface area (Å²) < 4.78 is 24.7. The molecule has 2 amide bonds. The van der Waals surface area contributed by atoms with E-state index in [9.17, 15) is 18.0 Å². The number of nitriles is 1. The minimum absolute atomic E-state index is 0.0573. The molecule has 0 aromatic heterocycles. The Bertz CT molecular complexity index is 735. The van der Waals surface area contributed by atoms with Gasteiger partial charge >= 0.3 is 0 Å². The molecule has 1 aliphatic rings. The monoisotopic (exact) mass is 294 g/mol. The van der Waals surface area contributed by atoms with Crippen molar-refractivity contribution in [1.82, 2.24) is 9.62 Å². The van der Waals surface area contributed by atoms with Crippen LogP contribution >= 0.6 is 0 Å². The zero-order valence-corrected chi connectivity index (χ0v) is 11.0. The Morgan fingerprint density at radius 2 is 2.15 bits per heavy atom. The zero-order valence-electron chi connectivity index (χ0n) is 10.2. The summed E-state index contributed by atoms with van der Waals surface area (Å²) in [5.41, 5.74) is 5.71. The molecule has 20 heavy (non-hydrogen) atoms. The number of rotatable bonds is 3. The molecule has 0 unspecified atom stereocenters. The molecule has 0 spiro atoms. The number of nitrogen functional groups attached to an aromatic ring is 1. The van der Waals surface area contributed by atoms with Crippen LogP contribution in [0.2, 0.25) is 0 Å². The first kappa shape index (κ1) is 13.8. The second kappa shape index (κ2) is 4.82. The third-order valence-corrected chi connectivity index (χ3v) is 4.47. The molecule has 3 N–H and O–H groups in total. The maximum absolute atomic E-state index is 12.1. The van der Waals surface area contributed by atoms with Crippen LogP contribution < -0.4 is 11.1 Å². The minimum Gasteiger partial charge on any atom is -0.399 e. The Balaban J connectivity index is 2.33. The largest absolute Gasteiger partial charge is 0.399 e. The van der Waals surface area contributed by atoms with Crippen LogP contribution in [0.25, 0.3) is 0 Å². The quantitative estimate of drug-likeness (QED) is 0.545. The van der Waals surface area contributed by atoms with Gasteiger partial charge in [-0.05, 0) is 18.2 Å². The highest BCUT2D eigenvalue weighted by Gasteiger charge is 2.42. The topological polar surface area (TPSA) is 133 Å². The molecular weight excluding hydrogens is 284 g/mol. The van der Waals surface area contributed by atoms with Crippen LogP contribution in [0.3, 0.4) is 0 Å². The predicted octanol–water partition coefficient (Wildman–Crippen LogP) is -0.947. The SMILES string of the molecule is N#CCNC(=O)CN1C(=O)c2cc(N)ccc2S1(=O)=O. The summed E-state index contributed by atoms with van der Waals surface area (Å²) in [6, 6.07) is 5.52. The van der Waals surface area contributed by atoms with E-state index >= 15 is 0 Å². The number of nitrogens with two attached hydrogens (primary N) is 1. The van der Waals surface area contributed by atoms with Gasteiger partial charge in [-0.2, -0.15) is 5.26 Å². The highest BCUT2D eigenvalue weighted by molar-refractivity contribution is 7.90. The molecule has 0 saturated heterocycles. The van der Waals surface area contributed by atoms with E-state index in [1.807, 2.05) is 0 Å². The van der Waals surface area contributed by atoms with E-state index in [4.69, 9.17) is 11.0 Å². The van der Waals surface area contributed by atoms with Crippen molar-refractivity contribution >= 4 is 27.5 Å². The van der Waals surface area contributed by atoms with Crippen LogP contribution in [0.4, 0.5) is 5.69 Å². The molecule has 2 rings (SSSR count). The van der Waals surface area contributed by atoms with Crippen LogP contribution in [0.1, 0.15) is 10.4 Å². The molecule has 8 nitrogen and oxygen atoms in total. The number of carbonyl (C=O) groups excluding carboxylic acids is 2. The average molecular weight is 294 g/mol. The highest BCUT2D eigenvalue weighted by atomic mass is 32.2. The Morgan fingerprint density at radius 1 is 1.45 bits per heavy atom. The normalized spacial score (nSPS) is 15.6. The molecule has 0 aliphatic carbocycles. The average Bonchev–Trinajstić information content (AvgIpc) is 2.57. The molecule has 0 saturated carbocycles. The van der Waals surface area contributed by atoms with Crippen LogP contribution in [0.15, 0.2) is 23.1 Å².